The quantitative estimate of drug-likeness (QED) is 0.914. The van der Waals surface area contributed by atoms with E-state index in [9.17, 15) is 9.90 Å². The molecule has 0 aliphatic rings. The van der Waals surface area contributed by atoms with Crippen LogP contribution in [0.1, 0.15) is 42.5 Å². The van der Waals surface area contributed by atoms with Crippen molar-refractivity contribution in [2.24, 2.45) is 0 Å². The van der Waals surface area contributed by atoms with E-state index in [1.807, 2.05) is 26.8 Å². The van der Waals surface area contributed by atoms with Crippen molar-refractivity contribution in [2.75, 3.05) is 7.11 Å². The molecule has 0 bridgehead atoms. The summed E-state index contributed by atoms with van der Waals surface area (Å²) >= 11 is 0. The number of nitrogens with zero attached hydrogens (tertiary/aromatic N) is 3. The predicted molar refractivity (Wildman–Crippen MR) is 69.4 cm³/mol. The summed E-state index contributed by atoms with van der Waals surface area (Å²) in [5.41, 5.74) is 1.97. The number of hydrogen-bond donors (Lipinski definition) is 1. The smallest absolute Gasteiger partial charge is 0.339 e. The second kappa shape index (κ2) is 4.62. The SMILES string of the molecule is COCc1c(C(=O)O)cnc2cc(C(C)(C)C)nn12. The molecule has 0 aliphatic heterocycles. The molecule has 0 radical (unpaired) electrons. The number of ether oxygens (including phenoxy) is 1. The van der Waals surface area contributed by atoms with Crippen LogP contribution in [-0.2, 0) is 16.8 Å². The summed E-state index contributed by atoms with van der Waals surface area (Å²) in [6, 6.07) is 1.87. The molecule has 0 unspecified atom stereocenters. The van der Waals surface area contributed by atoms with Gasteiger partial charge in [0.1, 0.15) is 5.56 Å². The lowest BCUT2D eigenvalue weighted by Crippen LogP contribution is -2.14. The van der Waals surface area contributed by atoms with Gasteiger partial charge in [-0.25, -0.2) is 14.3 Å². The largest absolute Gasteiger partial charge is 0.478 e. The molecule has 0 amide bonds. The molecule has 0 saturated carbocycles. The molecule has 2 rings (SSSR count). The van der Waals surface area contributed by atoms with E-state index in [1.165, 1.54) is 13.3 Å². The first kappa shape index (κ1) is 13.5. The van der Waals surface area contributed by atoms with Crippen LogP contribution in [-0.4, -0.2) is 32.8 Å². The van der Waals surface area contributed by atoms with Gasteiger partial charge in [0, 0.05) is 24.8 Å². The van der Waals surface area contributed by atoms with Crippen molar-refractivity contribution in [3.05, 3.63) is 29.2 Å². The zero-order valence-electron chi connectivity index (χ0n) is 11.5. The fourth-order valence-corrected chi connectivity index (χ4v) is 1.80. The van der Waals surface area contributed by atoms with E-state index in [0.29, 0.717) is 11.3 Å². The maximum atomic E-state index is 11.2. The highest BCUT2D eigenvalue weighted by atomic mass is 16.5. The van der Waals surface area contributed by atoms with Gasteiger partial charge in [0.2, 0.25) is 0 Å². The van der Waals surface area contributed by atoms with Gasteiger partial charge >= 0.3 is 5.97 Å². The summed E-state index contributed by atoms with van der Waals surface area (Å²) in [7, 11) is 1.52. The third kappa shape index (κ3) is 2.44. The minimum atomic E-state index is -1.03. The van der Waals surface area contributed by atoms with Gasteiger partial charge in [-0.3, -0.25) is 0 Å². The van der Waals surface area contributed by atoms with E-state index in [0.717, 1.165) is 5.69 Å². The van der Waals surface area contributed by atoms with E-state index >= 15 is 0 Å². The van der Waals surface area contributed by atoms with Crippen LogP contribution in [0.3, 0.4) is 0 Å². The number of carboxylic acids is 1. The Morgan fingerprint density at radius 1 is 1.47 bits per heavy atom. The first-order chi connectivity index (χ1) is 8.84. The fourth-order valence-electron chi connectivity index (χ4n) is 1.80. The van der Waals surface area contributed by atoms with Gasteiger partial charge in [0.25, 0.3) is 0 Å². The molecule has 0 aliphatic carbocycles. The molecule has 2 aromatic heterocycles. The van der Waals surface area contributed by atoms with Crippen molar-refractivity contribution in [1.29, 1.82) is 0 Å². The van der Waals surface area contributed by atoms with Crippen molar-refractivity contribution in [2.45, 2.75) is 32.8 Å². The molecule has 0 spiro atoms. The van der Waals surface area contributed by atoms with Crippen molar-refractivity contribution >= 4 is 11.6 Å². The normalized spacial score (nSPS) is 12.0. The zero-order chi connectivity index (χ0) is 14.2. The van der Waals surface area contributed by atoms with Gasteiger partial charge in [0.05, 0.1) is 18.0 Å². The van der Waals surface area contributed by atoms with Crippen LogP contribution in [0.15, 0.2) is 12.3 Å². The van der Waals surface area contributed by atoms with Gasteiger partial charge in [-0.2, -0.15) is 5.10 Å². The number of aromatic nitrogens is 3. The van der Waals surface area contributed by atoms with Crippen LogP contribution in [0.25, 0.3) is 5.65 Å². The minimum absolute atomic E-state index is 0.109. The number of carboxylic acid groups (broad SMARTS) is 1. The molecule has 6 heteroatoms. The summed E-state index contributed by atoms with van der Waals surface area (Å²) in [6.07, 6.45) is 1.35. The number of hydrogen-bond acceptors (Lipinski definition) is 4. The number of fused-ring (bicyclic) bond motifs is 1. The second-order valence-corrected chi connectivity index (χ2v) is 5.41. The molecule has 19 heavy (non-hydrogen) atoms. The lowest BCUT2D eigenvalue weighted by molar-refractivity contribution is 0.0689. The average Bonchev–Trinajstić information content (AvgIpc) is 2.73. The highest BCUT2D eigenvalue weighted by molar-refractivity contribution is 5.88. The lowest BCUT2D eigenvalue weighted by atomic mass is 9.93. The lowest BCUT2D eigenvalue weighted by Gasteiger charge is -2.13. The Morgan fingerprint density at radius 3 is 2.68 bits per heavy atom. The molecule has 1 N–H and O–H groups in total. The first-order valence-electron chi connectivity index (χ1n) is 5.95. The molecule has 6 nitrogen and oxygen atoms in total. The van der Waals surface area contributed by atoms with Gasteiger partial charge in [-0.05, 0) is 0 Å². The van der Waals surface area contributed by atoms with E-state index in [2.05, 4.69) is 10.1 Å². The fraction of sp³-hybridized carbons (Fsp3) is 0.462. The summed E-state index contributed by atoms with van der Waals surface area (Å²) in [6.45, 7) is 6.31. The number of aromatic carboxylic acids is 1. The maximum absolute atomic E-state index is 11.2. The monoisotopic (exact) mass is 263 g/mol. The molecule has 0 atom stereocenters. The van der Waals surface area contributed by atoms with Gasteiger partial charge in [0.15, 0.2) is 5.65 Å². The summed E-state index contributed by atoms with van der Waals surface area (Å²) in [4.78, 5) is 15.4. The van der Waals surface area contributed by atoms with Gasteiger partial charge < -0.3 is 9.84 Å². The standard InChI is InChI=1S/C13H17N3O3/c1-13(2,3)10-5-11-14-6-8(12(17)18)9(7-19-4)16(11)15-10/h5-6H,7H2,1-4H3,(H,17,18). The third-order valence-electron chi connectivity index (χ3n) is 2.86. The van der Waals surface area contributed by atoms with E-state index < -0.39 is 5.97 Å². The van der Waals surface area contributed by atoms with Crippen molar-refractivity contribution in [3.8, 4) is 0 Å². The van der Waals surface area contributed by atoms with Gasteiger partial charge in [-0.1, -0.05) is 20.8 Å². The number of methoxy groups -OCH3 is 1. The number of rotatable bonds is 3. The highest BCUT2D eigenvalue weighted by Gasteiger charge is 2.21. The molecule has 0 saturated heterocycles. The Bertz CT molecular complexity index is 626. The topological polar surface area (TPSA) is 76.7 Å². The Hall–Kier alpha value is -1.95. The Morgan fingerprint density at radius 2 is 2.16 bits per heavy atom. The Kier molecular flexibility index (Phi) is 3.28. The molecular formula is C13H17N3O3. The van der Waals surface area contributed by atoms with Crippen LogP contribution in [0.4, 0.5) is 0 Å². The minimum Gasteiger partial charge on any atom is -0.478 e. The van der Waals surface area contributed by atoms with Crippen LogP contribution in [0, 0.1) is 0 Å². The average molecular weight is 263 g/mol. The molecule has 2 aromatic rings. The van der Waals surface area contributed by atoms with Gasteiger partial charge in [-0.15, -0.1) is 0 Å². The van der Waals surface area contributed by atoms with Crippen LogP contribution >= 0.6 is 0 Å². The van der Waals surface area contributed by atoms with Crippen LogP contribution in [0.5, 0.6) is 0 Å². The maximum Gasteiger partial charge on any atom is 0.339 e. The summed E-state index contributed by atoms with van der Waals surface area (Å²) in [5, 5.41) is 13.6. The first-order valence-corrected chi connectivity index (χ1v) is 5.95. The molecule has 0 aromatic carbocycles. The summed E-state index contributed by atoms with van der Waals surface area (Å²) < 4.78 is 6.62. The van der Waals surface area contributed by atoms with Crippen LogP contribution < -0.4 is 0 Å². The zero-order valence-corrected chi connectivity index (χ0v) is 11.5. The van der Waals surface area contributed by atoms with Crippen molar-refractivity contribution in [3.63, 3.8) is 0 Å². The second-order valence-electron chi connectivity index (χ2n) is 5.41. The van der Waals surface area contributed by atoms with E-state index in [-0.39, 0.29) is 17.6 Å². The van der Waals surface area contributed by atoms with E-state index in [1.54, 1.807) is 4.52 Å². The van der Waals surface area contributed by atoms with Crippen LogP contribution in [0.2, 0.25) is 0 Å². The third-order valence-corrected chi connectivity index (χ3v) is 2.86. The van der Waals surface area contributed by atoms with E-state index in [4.69, 9.17) is 4.74 Å². The highest BCUT2D eigenvalue weighted by Crippen LogP contribution is 2.23. The Labute approximate surface area is 111 Å². The van der Waals surface area contributed by atoms with Crippen molar-refractivity contribution < 1.29 is 14.6 Å². The predicted octanol–water partition coefficient (Wildman–Crippen LogP) is 1.87. The molecule has 2 heterocycles. The molecule has 102 valence electrons. The number of carbonyl (C=O) groups is 1. The van der Waals surface area contributed by atoms with Crippen molar-refractivity contribution in [1.82, 2.24) is 14.6 Å². The molecular weight excluding hydrogens is 246 g/mol. The Balaban J connectivity index is 2.70. The molecule has 0 fully saturated rings. The summed E-state index contributed by atoms with van der Waals surface area (Å²) in [5.74, 6) is -1.03.